The number of nitrogens with zero attached hydrogens (tertiary/aromatic N) is 1. The first kappa shape index (κ1) is 25.4. The van der Waals surface area contributed by atoms with Crippen LogP contribution in [0.5, 0.6) is 0 Å². The fourth-order valence-corrected chi connectivity index (χ4v) is 4.29. The van der Waals surface area contributed by atoms with Crippen molar-refractivity contribution in [2.75, 3.05) is 13.6 Å². The molecule has 7 nitrogen and oxygen atoms in total. The molecular formula is C26H32FN3O4. The van der Waals surface area contributed by atoms with Crippen LogP contribution in [0, 0.1) is 17.7 Å². The quantitative estimate of drug-likeness (QED) is 0.523. The van der Waals surface area contributed by atoms with Gasteiger partial charge in [-0.05, 0) is 60.9 Å². The van der Waals surface area contributed by atoms with Gasteiger partial charge in [0, 0.05) is 19.5 Å². The minimum Gasteiger partial charge on any atom is -0.481 e. The molecule has 1 saturated heterocycles. The lowest BCUT2D eigenvalue weighted by atomic mass is 9.88. The Labute approximate surface area is 199 Å². The van der Waals surface area contributed by atoms with Crippen LogP contribution in [0.15, 0.2) is 48.5 Å². The summed E-state index contributed by atoms with van der Waals surface area (Å²) in [5.41, 5.74) is 5.93. The van der Waals surface area contributed by atoms with Crippen LogP contribution in [0.2, 0.25) is 0 Å². The number of hydrogen-bond donors (Lipinski definition) is 3. The maximum Gasteiger partial charge on any atom is 0.306 e. The average Bonchev–Trinajstić information content (AvgIpc) is 2.86. The topological polar surface area (TPSA) is 98.7 Å². The van der Waals surface area contributed by atoms with Crippen molar-refractivity contribution in [3.05, 3.63) is 59.9 Å². The van der Waals surface area contributed by atoms with E-state index >= 15 is 0 Å². The summed E-state index contributed by atoms with van der Waals surface area (Å²) in [6.07, 6.45) is 2.58. The van der Waals surface area contributed by atoms with Gasteiger partial charge in [0.2, 0.25) is 11.8 Å². The summed E-state index contributed by atoms with van der Waals surface area (Å²) in [4.78, 5) is 37.2. The maximum atomic E-state index is 13.4. The highest BCUT2D eigenvalue weighted by molar-refractivity contribution is 5.88. The molecule has 0 bridgehead atoms. The van der Waals surface area contributed by atoms with E-state index < -0.39 is 23.8 Å². The van der Waals surface area contributed by atoms with E-state index in [2.05, 4.69) is 10.7 Å². The number of carboxylic acids is 1. The van der Waals surface area contributed by atoms with E-state index in [1.807, 2.05) is 24.3 Å². The summed E-state index contributed by atoms with van der Waals surface area (Å²) >= 11 is 0. The predicted molar refractivity (Wildman–Crippen MR) is 127 cm³/mol. The number of benzene rings is 2. The Morgan fingerprint density at radius 1 is 1.12 bits per heavy atom. The smallest absolute Gasteiger partial charge is 0.306 e. The zero-order chi connectivity index (χ0) is 24.7. The fraction of sp³-hybridized carbons (Fsp3) is 0.423. The van der Waals surface area contributed by atoms with Crippen molar-refractivity contribution in [2.45, 2.75) is 45.1 Å². The Hall–Kier alpha value is -3.26. The number of carboxylic acid groups (broad SMARTS) is 1. The first-order valence-electron chi connectivity index (χ1n) is 11.7. The van der Waals surface area contributed by atoms with Crippen LogP contribution in [0.1, 0.15) is 38.2 Å². The van der Waals surface area contributed by atoms with Gasteiger partial charge in [0.15, 0.2) is 0 Å². The molecule has 8 heteroatoms. The Morgan fingerprint density at radius 2 is 1.74 bits per heavy atom. The lowest BCUT2D eigenvalue weighted by molar-refractivity contribution is -0.151. The number of amides is 2. The predicted octanol–water partition coefficient (Wildman–Crippen LogP) is 3.39. The third kappa shape index (κ3) is 6.41. The van der Waals surface area contributed by atoms with Gasteiger partial charge in [-0.15, -0.1) is 0 Å². The first-order chi connectivity index (χ1) is 16.3. The minimum absolute atomic E-state index is 0.195. The molecule has 1 aliphatic heterocycles. The van der Waals surface area contributed by atoms with Crippen LogP contribution in [-0.2, 0) is 20.8 Å². The summed E-state index contributed by atoms with van der Waals surface area (Å²) in [6, 6.07) is 13.5. The maximum absolute atomic E-state index is 13.4. The van der Waals surface area contributed by atoms with Gasteiger partial charge in [0.25, 0.3) is 0 Å². The van der Waals surface area contributed by atoms with Gasteiger partial charge in [-0.3, -0.25) is 19.4 Å². The number of aryl methyl sites for hydroxylation is 1. The summed E-state index contributed by atoms with van der Waals surface area (Å²) < 4.78 is 13.2. The summed E-state index contributed by atoms with van der Waals surface area (Å²) in [5, 5.41) is 13.4. The summed E-state index contributed by atoms with van der Waals surface area (Å²) in [7, 11) is 1.54. The molecule has 0 saturated carbocycles. The van der Waals surface area contributed by atoms with Gasteiger partial charge in [0.1, 0.15) is 11.9 Å². The average molecular weight is 470 g/mol. The van der Waals surface area contributed by atoms with Gasteiger partial charge in [0.05, 0.1) is 5.92 Å². The highest BCUT2D eigenvalue weighted by Crippen LogP contribution is 2.25. The van der Waals surface area contributed by atoms with Crippen LogP contribution in [0.4, 0.5) is 4.39 Å². The number of carbonyl (C=O) groups is 3. The monoisotopic (exact) mass is 469 g/mol. The second kappa shape index (κ2) is 11.7. The van der Waals surface area contributed by atoms with E-state index in [1.54, 1.807) is 26.1 Å². The van der Waals surface area contributed by atoms with Gasteiger partial charge in [-0.1, -0.05) is 43.3 Å². The van der Waals surface area contributed by atoms with Crippen LogP contribution < -0.4 is 10.7 Å². The second-order valence-electron chi connectivity index (χ2n) is 8.80. The molecule has 1 aliphatic rings. The number of rotatable bonds is 9. The molecule has 182 valence electrons. The van der Waals surface area contributed by atoms with Crippen LogP contribution in [0.3, 0.4) is 0 Å². The van der Waals surface area contributed by atoms with Crippen molar-refractivity contribution >= 4 is 17.8 Å². The molecule has 2 amide bonds. The van der Waals surface area contributed by atoms with Crippen molar-refractivity contribution in [1.82, 2.24) is 15.8 Å². The molecule has 1 heterocycles. The van der Waals surface area contributed by atoms with Crippen LogP contribution in [-0.4, -0.2) is 47.5 Å². The first-order valence-corrected chi connectivity index (χ1v) is 11.7. The minimum atomic E-state index is -0.948. The number of nitrogens with one attached hydrogen (secondary N) is 2. The molecule has 2 unspecified atom stereocenters. The van der Waals surface area contributed by atoms with Crippen molar-refractivity contribution in [3.63, 3.8) is 0 Å². The molecule has 0 radical (unpaired) electrons. The SMILES string of the molecule is CNC(=O)[C@@H]1CCCNN1C(=O)C(CCc1ccc(-c2ccc(F)cc2)cc1)CC(C)C(=O)O. The number of hydrogen-bond acceptors (Lipinski definition) is 4. The highest BCUT2D eigenvalue weighted by atomic mass is 19.1. The Balaban J connectivity index is 1.72. The van der Waals surface area contributed by atoms with E-state index in [0.717, 1.165) is 23.1 Å². The molecule has 0 aromatic heterocycles. The van der Waals surface area contributed by atoms with E-state index in [4.69, 9.17) is 0 Å². The zero-order valence-electron chi connectivity index (χ0n) is 19.6. The summed E-state index contributed by atoms with van der Waals surface area (Å²) in [5.74, 6) is -2.94. The number of halogens is 1. The fourth-order valence-electron chi connectivity index (χ4n) is 4.29. The molecular weight excluding hydrogens is 437 g/mol. The Kier molecular flexibility index (Phi) is 8.76. The van der Waals surface area contributed by atoms with Crippen molar-refractivity contribution in [3.8, 4) is 11.1 Å². The molecule has 2 aromatic carbocycles. The summed E-state index contributed by atoms with van der Waals surface area (Å²) in [6.45, 7) is 2.19. The molecule has 0 spiro atoms. The zero-order valence-corrected chi connectivity index (χ0v) is 19.6. The van der Waals surface area contributed by atoms with E-state index in [0.29, 0.717) is 25.8 Å². The highest BCUT2D eigenvalue weighted by Gasteiger charge is 2.36. The number of carbonyl (C=O) groups excluding carboxylic acids is 2. The number of likely N-dealkylation sites (N-methyl/N-ethyl adjacent to an activating group) is 1. The largest absolute Gasteiger partial charge is 0.481 e. The Morgan fingerprint density at radius 3 is 2.32 bits per heavy atom. The van der Waals surface area contributed by atoms with E-state index in [1.165, 1.54) is 17.1 Å². The van der Waals surface area contributed by atoms with Gasteiger partial charge in [-0.2, -0.15) is 0 Å². The standard InChI is InChI=1S/C26H32FN3O4/c1-17(26(33)34)16-21(25(32)30-23(24(31)28-2)4-3-15-29-30)10-7-18-5-8-19(9-6-18)20-11-13-22(27)14-12-20/h5-6,8-9,11-14,17,21,23,29H,3-4,7,10,15-16H2,1-2H3,(H,28,31)(H,33,34)/t17?,21?,23-/m0/s1. The van der Waals surface area contributed by atoms with Gasteiger partial charge >= 0.3 is 5.97 Å². The number of aliphatic carboxylic acids is 1. The lowest BCUT2D eigenvalue weighted by Crippen LogP contribution is -2.59. The normalized spacial score (nSPS) is 17.6. The van der Waals surface area contributed by atoms with Crippen LogP contribution in [0.25, 0.3) is 11.1 Å². The Bertz CT molecular complexity index is 994. The van der Waals surface area contributed by atoms with Gasteiger partial charge < -0.3 is 10.4 Å². The van der Waals surface area contributed by atoms with Crippen LogP contribution >= 0.6 is 0 Å². The second-order valence-corrected chi connectivity index (χ2v) is 8.80. The molecule has 34 heavy (non-hydrogen) atoms. The molecule has 3 atom stereocenters. The van der Waals surface area contributed by atoms with Crippen molar-refractivity contribution in [1.29, 1.82) is 0 Å². The van der Waals surface area contributed by atoms with Crippen molar-refractivity contribution < 1.29 is 23.9 Å². The molecule has 3 N–H and O–H groups in total. The molecule has 1 fully saturated rings. The molecule has 0 aliphatic carbocycles. The van der Waals surface area contributed by atoms with Crippen molar-refractivity contribution in [2.24, 2.45) is 11.8 Å². The van der Waals surface area contributed by atoms with E-state index in [-0.39, 0.29) is 24.1 Å². The number of hydrazine groups is 1. The van der Waals surface area contributed by atoms with E-state index in [9.17, 15) is 23.9 Å². The van der Waals surface area contributed by atoms with Gasteiger partial charge in [-0.25, -0.2) is 9.82 Å². The third-order valence-corrected chi connectivity index (χ3v) is 6.36. The lowest BCUT2D eigenvalue weighted by Gasteiger charge is -2.37. The molecule has 3 rings (SSSR count). The third-order valence-electron chi connectivity index (χ3n) is 6.36. The molecule has 2 aromatic rings.